The summed E-state index contributed by atoms with van der Waals surface area (Å²) in [6.07, 6.45) is 2.67. The van der Waals surface area contributed by atoms with E-state index >= 15 is 0 Å². The Morgan fingerprint density at radius 1 is 1.73 bits per heavy atom. The molecule has 3 heteroatoms. The Kier molecular flexibility index (Phi) is 2.88. The summed E-state index contributed by atoms with van der Waals surface area (Å²) in [6, 6.07) is 0.343. The maximum Gasteiger partial charge on any atom is 0.222 e. The summed E-state index contributed by atoms with van der Waals surface area (Å²) < 4.78 is 0. The molecule has 0 saturated carbocycles. The highest BCUT2D eigenvalue weighted by Gasteiger charge is 2.23. The van der Waals surface area contributed by atoms with E-state index in [1.165, 1.54) is 0 Å². The van der Waals surface area contributed by atoms with Crippen LogP contribution in [0.4, 0.5) is 0 Å². The van der Waals surface area contributed by atoms with Crippen molar-refractivity contribution < 1.29 is 4.79 Å². The first kappa shape index (κ1) is 8.53. The second kappa shape index (κ2) is 3.72. The van der Waals surface area contributed by atoms with Crippen LogP contribution in [0, 0.1) is 0 Å². The molecule has 1 fully saturated rings. The van der Waals surface area contributed by atoms with Crippen LogP contribution in [-0.4, -0.2) is 29.9 Å². The highest BCUT2D eigenvalue weighted by Crippen LogP contribution is 2.14. The van der Waals surface area contributed by atoms with Crippen molar-refractivity contribution >= 4 is 5.91 Å². The standard InChI is InChI=1S/C8H16N2O/c1-7(4-5-9)10-6-2-3-8(10)11/h7H,2-6,9H2,1H3/t7-/m0/s1. The molecule has 0 spiro atoms. The first-order valence-electron chi connectivity index (χ1n) is 4.25. The molecule has 1 aliphatic rings. The second-order valence-corrected chi connectivity index (χ2v) is 3.12. The van der Waals surface area contributed by atoms with Crippen LogP contribution in [0.1, 0.15) is 26.2 Å². The summed E-state index contributed by atoms with van der Waals surface area (Å²) in [4.78, 5) is 13.1. The first-order chi connectivity index (χ1) is 5.25. The third-order valence-electron chi connectivity index (χ3n) is 2.23. The lowest BCUT2D eigenvalue weighted by Crippen LogP contribution is -2.35. The van der Waals surface area contributed by atoms with Gasteiger partial charge in [0.15, 0.2) is 0 Å². The molecule has 1 rings (SSSR count). The van der Waals surface area contributed by atoms with Crippen LogP contribution in [0.25, 0.3) is 0 Å². The van der Waals surface area contributed by atoms with Crippen molar-refractivity contribution in [3.8, 4) is 0 Å². The summed E-state index contributed by atoms with van der Waals surface area (Å²) in [6.45, 7) is 3.67. The van der Waals surface area contributed by atoms with Crippen molar-refractivity contribution in [2.24, 2.45) is 5.73 Å². The molecule has 1 aliphatic heterocycles. The van der Waals surface area contributed by atoms with Crippen molar-refractivity contribution in [1.82, 2.24) is 4.90 Å². The number of amides is 1. The maximum absolute atomic E-state index is 11.2. The molecule has 0 unspecified atom stereocenters. The van der Waals surface area contributed by atoms with E-state index in [0.29, 0.717) is 18.5 Å². The Morgan fingerprint density at radius 2 is 2.45 bits per heavy atom. The molecule has 0 bridgehead atoms. The minimum atomic E-state index is 0.297. The number of nitrogens with zero attached hydrogens (tertiary/aromatic N) is 1. The van der Waals surface area contributed by atoms with Gasteiger partial charge in [-0.3, -0.25) is 4.79 Å². The average molecular weight is 156 g/mol. The number of carbonyl (C=O) groups excluding carboxylic acids is 1. The summed E-state index contributed by atoms with van der Waals surface area (Å²) in [7, 11) is 0. The van der Waals surface area contributed by atoms with Crippen LogP contribution in [-0.2, 0) is 4.79 Å². The van der Waals surface area contributed by atoms with Crippen LogP contribution in [0.3, 0.4) is 0 Å². The molecule has 11 heavy (non-hydrogen) atoms. The lowest BCUT2D eigenvalue weighted by atomic mass is 10.2. The first-order valence-corrected chi connectivity index (χ1v) is 4.25. The van der Waals surface area contributed by atoms with E-state index in [1.54, 1.807) is 0 Å². The molecule has 0 radical (unpaired) electrons. The van der Waals surface area contributed by atoms with Gasteiger partial charge in [-0.25, -0.2) is 0 Å². The van der Waals surface area contributed by atoms with Crippen molar-refractivity contribution in [3.63, 3.8) is 0 Å². The number of rotatable bonds is 3. The molecular formula is C8H16N2O. The third kappa shape index (κ3) is 1.93. The minimum absolute atomic E-state index is 0.297. The molecule has 1 saturated heterocycles. The Morgan fingerprint density at radius 3 is 2.91 bits per heavy atom. The molecule has 3 nitrogen and oxygen atoms in total. The van der Waals surface area contributed by atoms with Crippen molar-refractivity contribution in [2.45, 2.75) is 32.2 Å². The van der Waals surface area contributed by atoms with E-state index in [1.807, 2.05) is 4.90 Å². The Labute approximate surface area is 67.5 Å². The van der Waals surface area contributed by atoms with Gasteiger partial charge in [0.25, 0.3) is 0 Å². The topological polar surface area (TPSA) is 46.3 Å². The zero-order chi connectivity index (χ0) is 8.27. The molecule has 0 aromatic rings. The minimum Gasteiger partial charge on any atom is -0.340 e. The van der Waals surface area contributed by atoms with Gasteiger partial charge in [-0.1, -0.05) is 0 Å². The molecule has 1 heterocycles. The number of hydrogen-bond acceptors (Lipinski definition) is 2. The van der Waals surface area contributed by atoms with Crippen LogP contribution in [0.15, 0.2) is 0 Å². The molecule has 1 atom stereocenters. The van der Waals surface area contributed by atoms with Gasteiger partial charge in [-0.15, -0.1) is 0 Å². The highest BCUT2D eigenvalue weighted by molar-refractivity contribution is 5.78. The van der Waals surface area contributed by atoms with Gasteiger partial charge in [0.1, 0.15) is 0 Å². The van der Waals surface area contributed by atoms with Gasteiger partial charge in [0.05, 0.1) is 0 Å². The van der Waals surface area contributed by atoms with Crippen molar-refractivity contribution in [1.29, 1.82) is 0 Å². The van der Waals surface area contributed by atoms with Gasteiger partial charge in [-0.2, -0.15) is 0 Å². The number of nitrogens with two attached hydrogens (primary N) is 1. The van der Waals surface area contributed by atoms with E-state index < -0.39 is 0 Å². The fourth-order valence-electron chi connectivity index (χ4n) is 1.53. The average Bonchev–Trinajstić information content (AvgIpc) is 2.36. The van der Waals surface area contributed by atoms with Crippen molar-refractivity contribution in [2.75, 3.05) is 13.1 Å². The molecule has 0 aromatic heterocycles. The number of likely N-dealkylation sites (tertiary alicyclic amines) is 1. The quantitative estimate of drug-likeness (QED) is 0.640. The van der Waals surface area contributed by atoms with Gasteiger partial charge in [0.2, 0.25) is 5.91 Å². The Balaban J connectivity index is 2.39. The smallest absolute Gasteiger partial charge is 0.222 e. The lowest BCUT2D eigenvalue weighted by molar-refractivity contribution is -0.129. The fourth-order valence-corrected chi connectivity index (χ4v) is 1.53. The van der Waals surface area contributed by atoms with E-state index in [2.05, 4.69) is 6.92 Å². The van der Waals surface area contributed by atoms with Gasteiger partial charge >= 0.3 is 0 Å². The summed E-state index contributed by atoms with van der Waals surface area (Å²) >= 11 is 0. The SMILES string of the molecule is C[C@@H](CCN)N1CCCC1=O. The fraction of sp³-hybridized carbons (Fsp3) is 0.875. The number of hydrogen-bond donors (Lipinski definition) is 1. The van der Waals surface area contributed by atoms with Crippen LogP contribution in [0.2, 0.25) is 0 Å². The van der Waals surface area contributed by atoms with E-state index in [-0.39, 0.29) is 0 Å². The van der Waals surface area contributed by atoms with E-state index in [4.69, 9.17) is 5.73 Å². The normalized spacial score (nSPS) is 20.9. The molecule has 1 amide bonds. The second-order valence-electron chi connectivity index (χ2n) is 3.12. The summed E-state index contributed by atoms with van der Waals surface area (Å²) in [5, 5.41) is 0. The van der Waals surface area contributed by atoms with Gasteiger partial charge in [0, 0.05) is 19.0 Å². The predicted octanol–water partition coefficient (Wildman–Crippen LogP) is 0.346. The van der Waals surface area contributed by atoms with Gasteiger partial charge < -0.3 is 10.6 Å². The molecule has 0 aliphatic carbocycles. The lowest BCUT2D eigenvalue weighted by Gasteiger charge is -2.23. The van der Waals surface area contributed by atoms with Crippen LogP contribution >= 0.6 is 0 Å². The van der Waals surface area contributed by atoms with Gasteiger partial charge in [-0.05, 0) is 26.3 Å². The van der Waals surface area contributed by atoms with E-state index in [0.717, 1.165) is 25.8 Å². The zero-order valence-corrected chi connectivity index (χ0v) is 7.05. The Hall–Kier alpha value is -0.570. The highest BCUT2D eigenvalue weighted by atomic mass is 16.2. The van der Waals surface area contributed by atoms with Crippen LogP contribution in [0.5, 0.6) is 0 Å². The van der Waals surface area contributed by atoms with E-state index in [9.17, 15) is 4.79 Å². The summed E-state index contributed by atoms with van der Waals surface area (Å²) in [5.41, 5.74) is 5.40. The van der Waals surface area contributed by atoms with Crippen molar-refractivity contribution in [3.05, 3.63) is 0 Å². The largest absolute Gasteiger partial charge is 0.340 e. The molecular weight excluding hydrogens is 140 g/mol. The zero-order valence-electron chi connectivity index (χ0n) is 7.05. The predicted molar refractivity (Wildman–Crippen MR) is 44.1 cm³/mol. The molecule has 2 N–H and O–H groups in total. The summed E-state index contributed by atoms with van der Waals surface area (Å²) in [5.74, 6) is 0.297. The van der Waals surface area contributed by atoms with Crippen LogP contribution < -0.4 is 5.73 Å². The monoisotopic (exact) mass is 156 g/mol. The third-order valence-corrected chi connectivity index (χ3v) is 2.23. The molecule has 0 aromatic carbocycles. The Bertz CT molecular complexity index is 147. The molecule has 64 valence electrons. The number of carbonyl (C=O) groups is 1. The maximum atomic E-state index is 11.2.